The molecular weight excluding hydrogens is 340 g/mol. The standard InChI is InChI=1S/C22H22N2OS/c1-16-12-13-21(26-16)20-15-22(23)25-24(20)19(18-10-6-3-7-11-18)14-17-8-4-2-5-9-17/h2-13,15,19-20H,14,23H2,1H3. The van der Waals surface area contributed by atoms with E-state index in [1.807, 2.05) is 23.3 Å². The molecule has 0 spiro atoms. The van der Waals surface area contributed by atoms with Gasteiger partial charge in [-0.25, -0.2) is 0 Å². The predicted octanol–water partition coefficient (Wildman–Crippen LogP) is 5.13. The normalized spacial score (nSPS) is 18.3. The van der Waals surface area contributed by atoms with Gasteiger partial charge >= 0.3 is 0 Å². The van der Waals surface area contributed by atoms with Gasteiger partial charge in [0.05, 0.1) is 6.04 Å². The predicted molar refractivity (Wildman–Crippen MR) is 106 cm³/mol. The fraction of sp³-hybridized carbons (Fsp3) is 0.182. The summed E-state index contributed by atoms with van der Waals surface area (Å²) in [5.41, 5.74) is 8.57. The summed E-state index contributed by atoms with van der Waals surface area (Å²) in [4.78, 5) is 8.54. The highest BCUT2D eigenvalue weighted by Gasteiger charge is 2.35. The first kappa shape index (κ1) is 16.9. The van der Waals surface area contributed by atoms with Crippen LogP contribution in [0.25, 0.3) is 0 Å². The van der Waals surface area contributed by atoms with Gasteiger partial charge in [-0.3, -0.25) is 0 Å². The van der Waals surface area contributed by atoms with Crippen LogP contribution >= 0.6 is 11.3 Å². The maximum absolute atomic E-state index is 6.07. The third-order valence-electron chi connectivity index (χ3n) is 4.62. The van der Waals surface area contributed by atoms with Crippen LogP contribution in [0, 0.1) is 6.92 Å². The molecule has 1 aliphatic rings. The molecular formula is C22H22N2OS. The number of thiophene rings is 1. The topological polar surface area (TPSA) is 38.5 Å². The molecule has 2 atom stereocenters. The van der Waals surface area contributed by atoms with Crippen LogP contribution in [0.5, 0.6) is 0 Å². The smallest absolute Gasteiger partial charge is 0.207 e. The van der Waals surface area contributed by atoms with E-state index in [0.717, 1.165) is 6.42 Å². The molecule has 3 aromatic rings. The van der Waals surface area contributed by atoms with Gasteiger partial charge in [-0.15, -0.1) is 16.4 Å². The van der Waals surface area contributed by atoms with Gasteiger partial charge in [0.25, 0.3) is 0 Å². The molecule has 132 valence electrons. The zero-order valence-corrected chi connectivity index (χ0v) is 15.5. The molecule has 2 unspecified atom stereocenters. The lowest BCUT2D eigenvalue weighted by molar-refractivity contribution is -0.153. The van der Waals surface area contributed by atoms with Gasteiger partial charge in [-0.2, -0.15) is 0 Å². The summed E-state index contributed by atoms with van der Waals surface area (Å²) in [5.74, 6) is 0.468. The Morgan fingerprint density at radius 3 is 2.35 bits per heavy atom. The van der Waals surface area contributed by atoms with Crippen molar-refractivity contribution in [3.63, 3.8) is 0 Å². The van der Waals surface area contributed by atoms with E-state index < -0.39 is 0 Å². The summed E-state index contributed by atoms with van der Waals surface area (Å²) < 4.78 is 0. The number of rotatable bonds is 5. The highest BCUT2D eigenvalue weighted by molar-refractivity contribution is 7.12. The maximum Gasteiger partial charge on any atom is 0.207 e. The first-order valence-electron chi connectivity index (χ1n) is 8.79. The van der Waals surface area contributed by atoms with Crippen molar-refractivity contribution in [2.45, 2.75) is 25.4 Å². The summed E-state index contributed by atoms with van der Waals surface area (Å²) >= 11 is 1.79. The molecule has 3 nitrogen and oxygen atoms in total. The second-order valence-corrected chi connectivity index (χ2v) is 7.85. The largest absolute Gasteiger partial charge is 0.387 e. The molecule has 1 aromatic heterocycles. The van der Waals surface area contributed by atoms with Gasteiger partial charge in [0.1, 0.15) is 6.04 Å². The monoisotopic (exact) mass is 362 g/mol. The van der Waals surface area contributed by atoms with Crippen molar-refractivity contribution in [2.75, 3.05) is 0 Å². The Balaban J connectivity index is 1.70. The molecule has 0 bridgehead atoms. The summed E-state index contributed by atoms with van der Waals surface area (Å²) in [6, 6.07) is 25.4. The number of hydroxylamine groups is 2. The van der Waals surface area contributed by atoms with E-state index in [1.165, 1.54) is 20.9 Å². The highest BCUT2D eigenvalue weighted by Crippen LogP contribution is 2.40. The third kappa shape index (κ3) is 3.52. The molecule has 4 heteroatoms. The van der Waals surface area contributed by atoms with Crippen LogP contribution in [0.2, 0.25) is 0 Å². The minimum Gasteiger partial charge on any atom is -0.387 e. The van der Waals surface area contributed by atoms with E-state index in [9.17, 15) is 0 Å². The van der Waals surface area contributed by atoms with E-state index in [2.05, 4.69) is 67.6 Å². The zero-order valence-electron chi connectivity index (χ0n) is 14.7. The van der Waals surface area contributed by atoms with Crippen molar-refractivity contribution in [1.82, 2.24) is 5.06 Å². The lowest BCUT2D eigenvalue weighted by Crippen LogP contribution is -2.30. The Morgan fingerprint density at radius 2 is 1.69 bits per heavy atom. The average Bonchev–Trinajstić information content (AvgIpc) is 3.27. The average molecular weight is 362 g/mol. The van der Waals surface area contributed by atoms with Crippen molar-refractivity contribution in [2.24, 2.45) is 5.73 Å². The van der Waals surface area contributed by atoms with Gasteiger partial charge in [-0.1, -0.05) is 60.7 Å². The van der Waals surface area contributed by atoms with Gasteiger partial charge in [0, 0.05) is 15.8 Å². The molecule has 2 aromatic carbocycles. The molecule has 0 aliphatic carbocycles. The van der Waals surface area contributed by atoms with Crippen LogP contribution in [0.15, 0.2) is 84.8 Å². The molecule has 4 rings (SSSR count). The maximum atomic E-state index is 6.07. The van der Waals surface area contributed by atoms with Crippen LogP contribution in [0.1, 0.15) is 33.0 Å². The summed E-state index contributed by atoms with van der Waals surface area (Å²) in [6.45, 7) is 2.13. The Bertz CT molecular complexity index is 889. The highest BCUT2D eigenvalue weighted by atomic mass is 32.1. The van der Waals surface area contributed by atoms with Gasteiger partial charge in [0.2, 0.25) is 5.88 Å². The van der Waals surface area contributed by atoms with E-state index in [0.29, 0.717) is 5.88 Å². The fourth-order valence-corrected chi connectivity index (χ4v) is 4.32. The van der Waals surface area contributed by atoms with Crippen molar-refractivity contribution in [3.05, 3.63) is 106 Å². The molecule has 0 saturated carbocycles. The number of nitrogens with zero attached hydrogens (tertiary/aromatic N) is 1. The first-order valence-corrected chi connectivity index (χ1v) is 9.61. The third-order valence-corrected chi connectivity index (χ3v) is 5.69. The molecule has 0 fully saturated rings. The zero-order chi connectivity index (χ0) is 17.9. The number of hydrogen-bond donors (Lipinski definition) is 1. The van der Waals surface area contributed by atoms with Gasteiger partial charge in [0.15, 0.2) is 0 Å². The van der Waals surface area contributed by atoms with E-state index in [4.69, 9.17) is 10.6 Å². The van der Waals surface area contributed by atoms with Crippen molar-refractivity contribution >= 4 is 11.3 Å². The number of aryl methyl sites for hydroxylation is 1. The number of nitrogens with two attached hydrogens (primary N) is 1. The molecule has 2 N–H and O–H groups in total. The minimum absolute atomic E-state index is 0.0302. The van der Waals surface area contributed by atoms with Crippen molar-refractivity contribution in [1.29, 1.82) is 0 Å². The SMILES string of the molecule is Cc1ccc(C2C=C(N)ON2C(Cc2ccccc2)c2ccccc2)s1. The molecule has 26 heavy (non-hydrogen) atoms. The molecule has 0 saturated heterocycles. The van der Waals surface area contributed by atoms with Crippen LogP contribution in [0.4, 0.5) is 0 Å². The minimum atomic E-state index is 0.0302. The molecule has 1 aliphatic heterocycles. The van der Waals surface area contributed by atoms with Crippen molar-refractivity contribution in [3.8, 4) is 0 Å². The van der Waals surface area contributed by atoms with E-state index in [1.54, 1.807) is 11.3 Å². The summed E-state index contributed by atoms with van der Waals surface area (Å²) in [7, 11) is 0. The fourth-order valence-electron chi connectivity index (χ4n) is 3.38. The molecule has 2 heterocycles. The Morgan fingerprint density at radius 1 is 1.00 bits per heavy atom. The van der Waals surface area contributed by atoms with Gasteiger partial charge in [-0.05, 0) is 36.6 Å². The van der Waals surface area contributed by atoms with Crippen LogP contribution in [0.3, 0.4) is 0 Å². The lowest BCUT2D eigenvalue weighted by Gasteiger charge is -2.31. The molecule has 0 radical (unpaired) electrons. The Kier molecular flexibility index (Phi) is 4.78. The van der Waals surface area contributed by atoms with Gasteiger partial charge < -0.3 is 10.6 Å². The number of hydrogen-bond acceptors (Lipinski definition) is 4. The van der Waals surface area contributed by atoms with Crippen molar-refractivity contribution < 1.29 is 4.84 Å². The van der Waals surface area contributed by atoms with Crippen LogP contribution < -0.4 is 5.73 Å². The van der Waals surface area contributed by atoms with Crippen LogP contribution in [-0.2, 0) is 11.3 Å². The second-order valence-electron chi connectivity index (χ2n) is 6.53. The summed E-state index contributed by atoms with van der Waals surface area (Å²) in [5, 5.41) is 2.04. The lowest BCUT2D eigenvalue weighted by atomic mass is 9.97. The first-order chi connectivity index (χ1) is 12.7. The van der Waals surface area contributed by atoms with E-state index in [-0.39, 0.29) is 12.1 Å². The van der Waals surface area contributed by atoms with E-state index >= 15 is 0 Å². The second kappa shape index (κ2) is 7.36. The number of benzene rings is 2. The summed E-state index contributed by atoms with van der Waals surface area (Å²) in [6.07, 6.45) is 2.86. The van der Waals surface area contributed by atoms with Crippen LogP contribution in [-0.4, -0.2) is 5.06 Å². The Hall–Kier alpha value is -2.56. The quantitative estimate of drug-likeness (QED) is 0.684. The Labute approximate surface area is 158 Å². The molecule has 0 amide bonds.